The maximum Gasteiger partial charge on any atom is 0.124 e. The first kappa shape index (κ1) is 15.9. The van der Waals surface area contributed by atoms with Crippen molar-refractivity contribution >= 4 is 18.9 Å². The lowest BCUT2D eigenvalue weighted by Gasteiger charge is -2.00. The van der Waals surface area contributed by atoms with E-state index in [9.17, 15) is 4.79 Å². The normalized spacial score (nSPS) is 13.1. The Balaban J connectivity index is -0.000000213. The minimum absolute atomic E-state index is 0. The minimum Gasteiger partial charge on any atom is -0.330 e. The molecule has 0 heterocycles. The van der Waals surface area contributed by atoms with Gasteiger partial charge in [-0.15, -0.1) is 0 Å². The van der Waals surface area contributed by atoms with E-state index in [0.29, 0.717) is 13.0 Å². The highest BCUT2D eigenvalue weighted by molar-refractivity contribution is 7.80. The maximum absolute atomic E-state index is 10.00. The van der Waals surface area contributed by atoms with E-state index in [4.69, 9.17) is 5.73 Å². The molecule has 0 saturated carbocycles. The molecule has 84 valence electrons. The molecule has 14 heavy (non-hydrogen) atoms. The molecule has 0 spiro atoms. The number of hydrogen-bond acceptors (Lipinski definition) is 3. The van der Waals surface area contributed by atoms with Crippen LogP contribution < -0.4 is 5.73 Å². The molecule has 0 fully saturated rings. The number of carbonyl (C=O) groups excluding carboxylic acids is 1. The summed E-state index contributed by atoms with van der Waals surface area (Å²) in [5.41, 5.74) is 6.11. The molecule has 0 aliphatic heterocycles. The zero-order valence-electron chi connectivity index (χ0n) is 7.78. The summed E-state index contributed by atoms with van der Waals surface area (Å²) in [5, 5.41) is 0. The van der Waals surface area contributed by atoms with Crippen molar-refractivity contribution in [2.75, 3.05) is 12.3 Å². The van der Waals surface area contributed by atoms with E-state index in [1.165, 1.54) is 0 Å². The largest absolute Gasteiger partial charge is 0.330 e. The van der Waals surface area contributed by atoms with Crippen LogP contribution in [0.25, 0.3) is 0 Å². The van der Waals surface area contributed by atoms with Crippen LogP contribution in [0.5, 0.6) is 0 Å². The van der Waals surface area contributed by atoms with E-state index in [1.807, 2.05) is 6.08 Å². The molecule has 0 radical (unpaired) electrons. The molecule has 0 bridgehead atoms. The molecule has 2 N–H and O–H groups in total. The lowest BCUT2D eigenvalue weighted by molar-refractivity contribution is -0.107. The molecule has 3 heteroatoms. The SMILES string of the molecule is C.NCCS.O=CCC1=CCCC=C1.[HH]. The molecule has 0 aromatic rings. The molecular weight excluding hydrogens is 194 g/mol. The second-order valence-electron chi connectivity index (χ2n) is 2.64. The van der Waals surface area contributed by atoms with Crippen LogP contribution in [0.4, 0.5) is 0 Å². The summed E-state index contributed by atoms with van der Waals surface area (Å²) in [6, 6.07) is 0. The second kappa shape index (κ2) is 12.5. The van der Waals surface area contributed by atoms with Crippen molar-refractivity contribution in [1.29, 1.82) is 0 Å². The number of nitrogens with two attached hydrogens (primary N) is 1. The Bertz CT molecular complexity index is 191. The Morgan fingerprint density at radius 3 is 2.57 bits per heavy atom. The van der Waals surface area contributed by atoms with Crippen molar-refractivity contribution in [1.82, 2.24) is 0 Å². The highest BCUT2D eigenvalue weighted by Gasteiger charge is 1.93. The van der Waals surface area contributed by atoms with Crippen LogP contribution in [0.3, 0.4) is 0 Å². The number of carbonyl (C=O) groups is 1. The predicted octanol–water partition coefficient (Wildman–Crippen LogP) is 2.61. The Hall–Kier alpha value is -0.540. The van der Waals surface area contributed by atoms with Crippen LogP contribution in [0.1, 0.15) is 28.1 Å². The minimum atomic E-state index is 0. The fourth-order valence-electron chi connectivity index (χ4n) is 0.915. The predicted molar refractivity (Wildman–Crippen MR) is 68.9 cm³/mol. The van der Waals surface area contributed by atoms with Gasteiger partial charge in [0.1, 0.15) is 6.29 Å². The number of allylic oxidation sites excluding steroid dienone is 4. The highest BCUT2D eigenvalue weighted by Crippen LogP contribution is 2.10. The van der Waals surface area contributed by atoms with E-state index in [0.717, 1.165) is 30.5 Å². The van der Waals surface area contributed by atoms with Crippen molar-refractivity contribution in [3.05, 3.63) is 23.8 Å². The lowest BCUT2D eigenvalue weighted by atomic mass is 10.1. The fourth-order valence-corrected chi connectivity index (χ4v) is 0.915. The van der Waals surface area contributed by atoms with Gasteiger partial charge in [0.2, 0.25) is 0 Å². The molecule has 2 nitrogen and oxygen atoms in total. The van der Waals surface area contributed by atoms with Crippen molar-refractivity contribution in [2.45, 2.75) is 26.7 Å². The first-order valence-corrected chi connectivity index (χ1v) is 5.08. The summed E-state index contributed by atoms with van der Waals surface area (Å²) in [6.07, 6.45) is 10.0. The van der Waals surface area contributed by atoms with Gasteiger partial charge in [0.05, 0.1) is 0 Å². The van der Waals surface area contributed by atoms with E-state index in [2.05, 4.69) is 24.8 Å². The van der Waals surface area contributed by atoms with Gasteiger partial charge in [-0.2, -0.15) is 12.6 Å². The van der Waals surface area contributed by atoms with Gasteiger partial charge < -0.3 is 10.5 Å². The number of aldehydes is 1. The molecule has 0 atom stereocenters. The Labute approximate surface area is 94.2 Å². The van der Waals surface area contributed by atoms with E-state index >= 15 is 0 Å². The van der Waals surface area contributed by atoms with Gasteiger partial charge in [-0.05, 0) is 18.4 Å². The average molecular weight is 217 g/mol. The van der Waals surface area contributed by atoms with Gasteiger partial charge in [-0.3, -0.25) is 0 Å². The van der Waals surface area contributed by atoms with Crippen LogP contribution in [-0.2, 0) is 4.79 Å². The summed E-state index contributed by atoms with van der Waals surface area (Å²) < 4.78 is 0. The number of thiol groups is 1. The third-order valence-electron chi connectivity index (χ3n) is 1.52. The van der Waals surface area contributed by atoms with Crippen molar-refractivity contribution < 1.29 is 6.22 Å². The first-order chi connectivity index (χ1) is 6.35. The van der Waals surface area contributed by atoms with Gasteiger partial charge in [0.25, 0.3) is 0 Å². The molecule has 1 rings (SSSR count). The zero-order chi connectivity index (χ0) is 9.94. The van der Waals surface area contributed by atoms with Gasteiger partial charge in [-0.1, -0.05) is 25.7 Å². The smallest absolute Gasteiger partial charge is 0.124 e. The summed E-state index contributed by atoms with van der Waals surface area (Å²) in [7, 11) is 0. The second-order valence-corrected chi connectivity index (χ2v) is 3.09. The molecule has 0 unspecified atom stereocenters. The van der Waals surface area contributed by atoms with Crippen LogP contribution in [0, 0.1) is 0 Å². The van der Waals surface area contributed by atoms with Crippen molar-refractivity contribution in [3.63, 3.8) is 0 Å². The molecule has 1 aliphatic rings. The monoisotopic (exact) mass is 217 g/mol. The molecule has 0 saturated heterocycles. The van der Waals surface area contributed by atoms with E-state index in [1.54, 1.807) is 0 Å². The molecule has 0 aromatic heterocycles. The molecule has 0 amide bonds. The standard InChI is InChI=1S/C8H10O.C2H7NS.CH4.H2/c9-7-6-8-4-2-1-3-5-8;3-1-2-4;;/h2,4-5,7H,1,3,6H2;4H,1-3H2;1H4;1H. The third-order valence-corrected chi connectivity index (χ3v) is 1.78. The van der Waals surface area contributed by atoms with Gasteiger partial charge in [-0.25, -0.2) is 0 Å². The Morgan fingerprint density at radius 2 is 2.21 bits per heavy atom. The van der Waals surface area contributed by atoms with Gasteiger partial charge in [0, 0.05) is 20.1 Å². The zero-order valence-corrected chi connectivity index (χ0v) is 8.67. The Kier molecular flexibility index (Phi) is 14.2. The highest BCUT2D eigenvalue weighted by atomic mass is 32.1. The summed E-state index contributed by atoms with van der Waals surface area (Å²) in [4.78, 5) is 10.00. The van der Waals surface area contributed by atoms with Crippen LogP contribution in [0.2, 0.25) is 0 Å². The quantitative estimate of drug-likeness (QED) is 0.564. The topological polar surface area (TPSA) is 43.1 Å². The summed E-state index contributed by atoms with van der Waals surface area (Å²) in [5.74, 6) is 0.792. The Morgan fingerprint density at radius 1 is 1.57 bits per heavy atom. The van der Waals surface area contributed by atoms with Gasteiger partial charge >= 0.3 is 0 Å². The number of hydrogen-bond donors (Lipinski definition) is 2. The summed E-state index contributed by atoms with van der Waals surface area (Å²) >= 11 is 3.80. The fraction of sp³-hybridized carbons (Fsp3) is 0.545. The van der Waals surface area contributed by atoms with Crippen LogP contribution in [0.15, 0.2) is 23.8 Å². The molecule has 0 aromatic carbocycles. The first-order valence-electron chi connectivity index (χ1n) is 4.45. The summed E-state index contributed by atoms with van der Waals surface area (Å²) in [6.45, 7) is 0.684. The van der Waals surface area contributed by atoms with Crippen molar-refractivity contribution in [3.8, 4) is 0 Å². The van der Waals surface area contributed by atoms with Gasteiger partial charge in [0.15, 0.2) is 0 Å². The average Bonchev–Trinajstić information content (AvgIpc) is 2.20. The third kappa shape index (κ3) is 9.55. The van der Waals surface area contributed by atoms with E-state index < -0.39 is 0 Å². The number of rotatable bonds is 3. The molecule has 1 aliphatic carbocycles. The van der Waals surface area contributed by atoms with Crippen LogP contribution in [-0.4, -0.2) is 18.6 Å². The lowest BCUT2D eigenvalue weighted by Crippen LogP contribution is -1.97. The molecular formula is C11H23NOS. The van der Waals surface area contributed by atoms with Crippen LogP contribution >= 0.6 is 12.6 Å². The van der Waals surface area contributed by atoms with Crippen molar-refractivity contribution in [2.24, 2.45) is 5.73 Å². The van der Waals surface area contributed by atoms with E-state index in [-0.39, 0.29) is 8.85 Å². The maximum atomic E-state index is 10.00.